The second-order valence-electron chi connectivity index (χ2n) is 5.61. The first-order valence-corrected chi connectivity index (χ1v) is 9.45. The third-order valence-corrected chi connectivity index (χ3v) is 5.46. The standard InChI is InChI=1S/C18H15BrN6S/c19-11-2-1-3-12(9-11)22-18-14-6-7-26-16(14)13-5-4-10(8-15(13)23-18)17(24-20)25-21/h1-9H,20-21H2,(H,22,23)(H,24,25). The molecule has 0 spiro atoms. The molecule has 0 aliphatic carbocycles. The highest BCUT2D eigenvalue weighted by Crippen LogP contribution is 2.35. The minimum absolute atomic E-state index is 0.404. The molecule has 0 aliphatic heterocycles. The number of halogens is 1. The number of rotatable bonds is 3. The number of thiophene rings is 1. The molecule has 0 saturated heterocycles. The summed E-state index contributed by atoms with van der Waals surface area (Å²) in [6.07, 6.45) is 0. The number of amidine groups is 1. The Morgan fingerprint density at radius 3 is 2.77 bits per heavy atom. The summed E-state index contributed by atoms with van der Waals surface area (Å²) in [5.74, 6) is 12.1. The van der Waals surface area contributed by atoms with E-state index in [1.54, 1.807) is 11.3 Å². The van der Waals surface area contributed by atoms with E-state index in [9.17, 15) is 0 Å². The summed E-state index contributed by atoms with van der Waals surface area (Å²) in [5.41, 5.74) is 5.08. The van der Waals surface area contributed by atoms with Crippen LogP contribution in [0.25, 0.3) is 21.0 Å². The summed E-state index contributed by atoms with van der Waals surface area (Å²) >= 11 is 5.18. The fraction of sp³-hybridized carbons (Fsp3) is 0. The minimum atomic E-state index is 0.404. The molecule has 26 heavy (non-hydrogen) atoms. The normalized spacial score (nSPS) is 11.8. The minimum Gasteiger partial charge on any atom is -0.340 e. The van der Waals surface area contributed by atoms with Gasteiger partial charge in [0.25, 0.3) is 0 Å². The highest BCUT2D eigenvalue weighted by Gasteiger charge is 2.12. The Bertz CT molecular complexity index is 1140. The second kappa shape index (κ2) is 6.91. The van der Waals surface area contributed by atoms with Crippen LogP contribution in [0.3, 0.4) is 0 Å². The molecule has 2 heterocycles. The van der Waals surface area contributed by atoms with E-state index in [2.05, 4.69) is 43.2 Å². The zero-order valence-corrected chi connectivity index (χ0v) is 15.9. The predicted octanol–water partition coefficient (Wildman–Crippen LogP) is 4.04. The van der Waals surface area contributed by atoms with Crippen LogP contribution in [-0.2, 0) is 0 Å². The zero-order valence-electron chi connectivity index (χ0n) is 13.5. The second-order valence-corrected chi connectivity index (χ2v) is 7.44. The first-order chi connectivity index (χ1) is 12.7. The molecule has 0 atom stereocenters. The van der Waals surface area contributed by atoms with Gasteiger partial charge in [0.1, 0.15) is 5.82 Å². The number of hydrazine groups is 1. The molecule has 4 rings (SSSR count). The molecule has 0 amide bonds. The number of aromatic nitrogens is 1. The number of anilines is 2. The summed E-state index contributed by atoms with van der Waals surface area (Å²) in [5, 5.41) is 11.3. The van der Waals surface area contributed by atoms with E-state index in [0.29, 0.717) is 5.84 Å². The summed E-state index contributed by atoms with van der Waals surface area (Å²) in [4.78, 5) is 4.83. The number of nitrogens with one attached hydrogen (secondary N) is 2. The molecule has 2 aromatic carbocycles. The highest BCUT2D eigenvalue weighted by molar-refractivity contribution is 9.10. The molecule has 8 heteroatoms. The number of hydrazone groups is 1. The van der Waals surface area contributed by atoms with Crippen LogP contribution in [0.5, 0.6) is 0 Å². The molecular weight excluding hydrogens is 412 g/mol. The molecule has 0 bridgehead atoms. The van der Waals surface area contributed by atoms with Gasteiger partial charge < -0.3 is 16.6 Å². The Morgan fingerprint density at radius 2 is 2.00 bits per heavy atom. The fourth-order valence-electron chi connectivity index (χ4n) is 2.84. The van der Waals surface area contributed by atoms with Crippen molar-refractivity contribution >= 4 is 65.6 Å². The summed E-state index contributed by atoms with van der Waals surface area (Å²) in [7, 11) is 0. The van der Waals surface area contributed by atoms with Gasteiger partial charge in [-0.05, 0) is 35.7 Å². The van der Waals surface area contributed by atoms with Crippen LogP contribution >= 0.6 is 27.3 Å². The average molecular weight is 427 g/mol. The van der Waals surface area contributed by atoms with Crippen LogP contribution in [0, 0.1) is 0 Å². The number of hydrogen-bond acceptors (Lipinski definition) is 6. The lowest BCUT2D eigenvalue weighted by atomic mass is 10.1. The Kier molecular flexibility index (Phi) is 4.46. The Labute approximate surface area is 162 Å². The van der Waals surface area contributed by atoms with Crippen LogP contribution in [0.1, 0.15) is 5.56 Å². The lowest BCUT2D eigenvalue weighted by Crippen LogP contribution is -2.32. The van der Waals surface area contributed by atoms with E-state index in [1.807, 2.05) is 42.5 Å². The van der Waals surface area contributed by atoms with Gasteiger partial charge >= 0.3 is 0 Å². The third kappa shape index (κ3) is 2.98. The van der Waals surface area contributed by atoms with E-state index < -0.39 is 0 Å². The molecule has 4 aromatic rings. The average Bonchev–Trinajstić information content (AvgIpc) is 3.13. The first kappa shape index (κ1) is 16.8. The Morgan fingerprint density at radius 1 is 1.12 bits per heavy atom. The summed E-state index contributed by atoms with van der Waals surface area (Å²) in [6.45, 7) is 0. The van der Waals surface area contributed by atoms with Gasteiger partial charge in [0, 0.05) is 31.2 Å². The van der Waals surface area contributed by atoms with Crippen LogP contribution in [0.2, 0.25) is 0 Å². The predicted molar refractivity (Wildman–Crippen MR) is 113 cm³/mol. The lowest BCUT2D eigenvalue weighted by molar-refractivity contribution is 1.00. The van der Waals surface area contributed by atoms with Crippen molar-refractivity contribution in [1.82, 2.24) is 10.4 Å². The van der Waals surface area contributed by atoms with Gasteiger partial charge in [0.05, 0.1) is 5.52 Å². The SMILES string of the molecule is N/N=C(\NN)c1ccc2c(c1)nc(Nc1cccc(Br)c1)c1ccsc12. The Hall–Kier alpha value is -2.68. The van der Waals surface area contributed by atoms with Crippen LogP contribution in [0.15, 0.2) is 63.5 Å². The van der Waals surface area contributed by atoms with E-state index in [-0.39, 0.29) is 0 Å². The molecular formula is C18H15BrN6S. The van der Waals surface area contributed by atoms with E-state index in [4.69, 9.17) is 16.7 Å². The van der Waals surface area contributed by atoms with Gasteiger partial charge in [-0.2, -0.15) is 5.10 Å². The molecule has 0 saturated carbocycles. The van der Waals surface area contributed by atoms with Crippen molar-refractivity contribution < 1.29 is 0 Å². The third-order valence-electron chi connectivity index (χ3n) is 4.02. The maximum absolute atomic E-state index is 5.48. The number of benzene rings is 2. The molecule has 130 valence electrons. The number of nitrogens with two attached hydrogens (primary N) is 2. The van der Waals surface area contributed by atoms with Crippen molar-refractivity contribution in [3.63, 3.8) is 0 Å². The molecule has 0 unspecified atom stereocenters. The number of hydrogen-bond donors (Lipinski definition) is 4. The zero-order chi connectivity index (χ0) is 18.1. The van der Waals surface area contributed by atoms with Gasteiger partial charge in [-0.3, -0.25) is 0 Å². The van der Waals surface area contributed by atoms with E-state index in [0.717, 1.165) is 37.8 Å². The number of fused-ring (bicyclic) bond motifs is 3. The highest BCUT2D eigenvalue weighted by atomic mass is 79.9. The lowest BCUT2D eigenvalue weighted by Gasteiger charge is -2.11. The topological polar surface area (TPSA) is 101 Å². The van der Waals surface area contributed by atoms with Gasteiger partial charge in [0.2, 0.25) is 0 Å². The van der Waals surface area contributed by atoms with Crippen molar-refractivity contribution in [3.8, 4) is 0 Å². The van der Waals surface area contributed by atoms with E-state index in [1.165, 1.54) is 4.70 Å². The monoisotopic (exact) mass is 426 g/mol. The maximum Gasteiger partial charge on any atom is 0.166 e. The molecule has 0 radical (unpaired) electrons. The van der Waals surface area contributed by atoms with Crippen LogP contribution in [0.4, 0.5) is 11.5 Å². The van der Waals surface area contributed by atoms with Crippen molar-refractivity contribution in [2.24, 2.45) is 16.8 Å². The smallest absolute Gasteiger partial charge is 0.166 e. The molecule has 2 aromatic heterocycles. The summed E-state index contributed by atoms with van der Waals surface area (Å²) < 4.78 is 2.18. The molecule has 6 nitrogen and oxygen atoms in total. The van der Waals surface area contributed by atoms with Crippen LogP contribution < -0.4 is 22.4 Å². The largest absolute Gasteiger partial charge is 0.340 e. The van der Waals surface area contributed by atoms with Crippen molar-refractivity contribution in [3.05, 3.63) is 63.9 Å². The molecule has 0 fully saturated rings. The van der Waals surface area contributed by atoms with Gasteiger partial charge in [-0.25, -0.2) is 10.8 Å². The quantitative estimate of drug-likeness (QED) is 0.171. The van der Waals surface area contributed by atoms with E-state index >= 15 is 0 Å². The van der Waals surface area contributed by atoms with Crippen molar-refractivity contribution in [2.75, 3.05) is 5.32 Å². The van der Waals surface area contributed by atoms with Crippen LogP contribution in [-0.4, -0.2) is 10.8 Å². The van der Waals surface area contributed by atoms with Gasteiger partial charge in [0.15, 0.2) is 5.84 Å². The number of pyridine rings is 1. The first-order valence-electron chi connectivity index (χ1n) is 7.78. The van der Waals surface area contributed by atoms with Gasteiger partial charge in [-0.15, -0.1) is 11.3 Å². The molecule has 0 aliphatic rings. The van der Waals surface area contributed by atoms with Gasteiger partial charge in [-0.1, -0.05) is 34.1 Å². The van der Waals surface area contributed by atoms with Crippen molar-refractivity contribution in [2.45, 2.75) is 0 Å². The summed E-state index contributed by atoms with van der Waals surface area (Å²) in [6, 6.07) is 15.9. The Balaban J connectivity index is 1.89. The molecule has 6 N–H and O–H groups in total. The maximum atomic E-state index is 5.48. The van der Waals surface area contributed by atoms with Crippen molar-refractivity contribution in [1.29, 1.82) is 0 Å². The fourth-order valence-corrected chi connectivity index (χ4v) is 4.17. The number of nitrogens with zero attached hydrogens (tertiary/aromatic N) is 2.